The largest absolute Gasteiger partial charge is 0.386 e. The molecule has 0 radical (unpaired) electrons. The minimum Gasteiger partial charge on any atom is -0.386 e. The van der Waals surface area contributed by atoms with E-state index in [9.17, 15) is 32.3 Å². The van der Waals surface area contributed by atoms with Crippen LogP contribution in [0.1, 0.15) is 116 Å². The number of aromatic nitrogens is 5. The Kier molecular flexibility index (Phi) is 7.56. The second kappa shape index (κ2) is 11.3. The lowest BCUT2D eigenvalue weighted by Crippen LogP contribution is -2.39. The van der Waals surface area contributed by atoms with Gasteiger partial charge in [-0.25, -0.2) is 31.7 Å². The van der Waals surface area contributed by atoms with Crippen LogP contribution in [0.5, 0.6) is 0 Å². The van der Waals surface area contributed by atoms with Gasteiger partial charge in [-0.1, -0.05) is 5.16 Å². The van der Waals surface area contributed by atoms with Crippen LogP contribution in [0.25, 0.3) is 5.65 Å². The molecule has 3 aromatic heterocycles. The van der Waals surface area contributed by atoms with E-state index in [0.29, 0.717) is 11.3 Å². The van der Waals surface area contributed by atoms with E-state index in [2.05, 4.69) is 26.0 Å². The van der Waals surface area contributed by atoms with E-state index in [-0.39, 0.29) is 92.0 Å². The van der Waals surface area contributed by atoms with Gasteiger partial charge >= 0.3 is 0 Å². The molecule has 15 heteroatoms. The van der Waals surface area contributed by atoms with E-state index in [1.165, 1.54) is 4.52 Å². The Bertz CT molecular complexity index is 1570. The quantitative estimate of drug-likeness (QED) is 0.254. The summed E-state index contributed by atoms with van der Waals surface area (Å²) in [6.07, 6.45) is 4.86. The maximum absolute atomic E-state index is 14.1. The highest BCUT2D eigenvalue weighted by Gasteiger charge is 2.46. The number of rotatable bonds is 11. The number of hydrogen-bond acceptors (Lipinski definition) is 8. The summed E-state index contributed by atoms with van der Waals surface area (Å²) in [6, 6.07) is 0.681. The fourth-order valence-electron chi connectivity index (χ4n) is 6.78. The Labute approximate surface area is 255 Å². The molecule has 2 amide bonds. The third kappa shape index (κ3) is 6.54. The normalized spacial score (nSPS) is 23.7. The Morgan fingerprint density at radius 1 is 0.956 bits per heavy atom. The molecule has 7 rings (SSSR count). The zero-order valence-corrected chi connectivity index (χ0v) is 24.5. The lowest BCUT2D eigenvalue weighted by Gasteiger charge is -2.34. The molecule has 4 fully saturated rings. The van der Waals surface area contributed by atoms with Crippen molar-refractivity contribution in [2.75, 3.05) is 0 Å². The minimum absolute atomic E-state index is 0.0225. The number of amides is 2. The summed E-state index contributed by atoms with van der Waals surface area (Å²) in [4.78, 5) is 30.9. The van der Waals surface area contributed by atoms with Gasteiger partial charge in [-0.3, -0.25) is 9.59 Å². The fourth-order valence-corrected chi connectivity index (χ4v) is 6.78. The molecular weight excluding hydrogens is 598 g/mol. The van der Waals surface area contributed by atoms with Gasteiger partial charge in [0.05, 0.1) is 30.2 Å². The van der Waals surface area contributed by atoms with E-state index >= 15 is 0 Å². The fraction of sp³-hybridized carbons (Fsp3) is 0.667. The Balaban J connectivity index is 1.12. The van der Waals surface area contributed by atoms with Crippen LogP contribution in [-0.4, -0.2) is 53.7 Å². The van der Waals surface area contributed by atoms with Crippen LogP contribution in [0.2, 0.25) is 0 Å². The molecule has 4 aliphatic rings. The topological polar surface area (TPSA) is 148 Å². The lowest BCUT2D eigenvalue weighted by atomic mass is 9.79. The zero-order chi connectivity index (χ0) is 31.5. The SMILES string of the molecule is O=C(CC1CC(F)(F)C1)NC(c1cnn2cc([C@@H](NC(=O)c3nonc3[C@@H](O)C3CC3)C3CCC(F)(F)CC3)nc2c1)C1CC1. The number of halogens is 4. The molecule has 0 aliphatic heterocycles. The summed E-state index contributed by atoms with van der Waals surface area (Å²) in [5.74, 6) is -6.90. The van der Waals surface area contributed by atoms with E-state index < -0.39 is 29.9 Å². The number of fused-ring (bicyclic) bond motifs is 1. The van der Waals surface area contributed by atoms with Gasteiger partial charge in [0.1, 0.15) is 11.8 Å². The van der Waals surface area contributed by atoms with Crippen LogP contribution >= 0.6 is 0 Å². The molecule has 4 aliphatic carbocycles. The van der Waals surface area contributed by atoms with Gasteiger partial charge in [-0.05, 0) is 79.0 Å². The Hall–Kier alpha value is -3.62. The second-order valence-corrected chi connectivity index (χ2v) is 13.4. The first-order valence-corrected chi connectivity index (χ1v) is 15.7. The molecule has 3 aromatic rings. The number of carbonyl (C=O) groups excluding carboxylic acids is 2. The summed E-state index contributed by atoms with van der Waals surface area (Å²) >= 11 is 0. The molecule has 242 valence electrons. The van der Waals surface area contributed by atoms with Crippen LogP contribution in [0.15, 0.2) is 23.1 Å². The first-order chi connectivity index (χ1) is 21.4. The van der Waals surface area contributed by atoms with Crippen LogP contribution in [-0.2, 0) is 4.79 Å². The average molecular weight is 634 g/mol. The van der Waals surface area contributed by atoms with Crippen molar-refractivity contribution in [1.82, 2.24) is 35.5 Å². The van der Waals surface area contributed by atoms with Crippen molar-refractivity contribution in [3.05, 3.63) is 41.1 Å². The second-order valence-electron chi connectivity index (χ2n) is 13.4. The summed E-state index contributed by atoms with van der Waals surface area (Å²) in [5, 5.41) is 28.5. The van der Waals surface area contributed by atoms with Crippen LogP contribution in [0.3, 0.4) is 0 Å². The van der Waals surface area contributed by atoms with Gasteiger partial charge in [0.2, 0.25) is 17.8 Å². The maximum atomic E-state index is 14.1. The monoisotopic (exact) mass is 633 g/mol. The molecular formula is C30H35F4N7O4. The van der Waals surface area contributed by atoms with E-state index in [1.807, 2.05) is 0 Å². The maximum Gasteiger partial charge on any atom is 0.276 e. The molecule has 0 bridgehead atoms. The van der Waals surface area contributed by atoms with Gasteiger partial charge in [0, 0.05) is 32.1 Å². The predicted octanol–water partition coefficient (Wildman–Crippen LogP) is 4.86. The number of aliphatic hydroxyl groups excluding tert-OH is 1. The Morgan fingerprint density at radius 3 is 2.31 bits per heavy atom. The molecule has 3 atom stereocenters. The summed E-state index contributed by atoms with van der Waals surface area (Å²) in [5.41, 5.74) is 1.47. The van der Waals surface area contributed by atoms with Crippen molar-refractivity contribution in [2.45, 2.75) is 101 Å². The van der Waals surface area contributed by atoms with Crippen molar-refractivity contribution < 1.29 is 36.9 Å². The van der Waals surface area contributed by atoms with Crippen molar-refractivity contribution in [3.63, 3.8) is 0 Å². The van der Waals surface area contributed by atoms with Gasteiger partial charge < -0.3 is 15.7 Å². The van der Waals surface area contributed by atoms with E-state index in [0.717, 1.165) is 31.2 Å². The highest BCUT2D eigenvalue weighted by molar-refractivity contribution is 5.93. The van der Waals surface area contributed by atoms with E-state index in [4.69, 9.17) is 9.61 Å². The number of carbonyl (C=O) groups is 2. The van der Waals surface area contributed by atoms with Gasteiger partial charge in [-0.2, -0.15) is 5.10 Å². The third-order valence-electron chi connectivity index (χ3n) is 9.69. The predicted molar refractivity (Wildman–Crippen MR) is 148 cm³/mol. The number of hydrogen-bond donors (Lipinski definition) is 3. The van der Waals surface area contributed by atoms with Crippen molar-refractivity contribution >= 4 is 17.5 Å². The van der Waals surface area contributed by atoms with Crippen molar-refractivity contribution in [3.8, 4) is 0 Å². The molecule has 3 N–H and O–H groups in total. The van der Waals surface area contributed by atoms with Crippen LogP contribution < -0.4 is 10.6 Å². The van der Waals surface area contributed by atoms with Crippen molar-refractivity contribution in [2.24, 2.45) is 23.7 Å². The number of alkyl halides is 4. The summed E-state index contributed by atoms with van der Waals surface area (Å²) in [6.45, 7) is 0. The number of aliphatic hydroxyl groups is 1. The lowest BCUT2D eigenvalue weighted by molar-refractivity contribution is -0.134. The van der Waals surface area contributed by atoms with E-state index in [1.54, 1.807) is 18.5 Å². The Morgan fingerprint density at radius 2 is 1.64 bits per heavy atom. The minimum atomic E-state index is -2.78. The number of nitrogens with one attached hydrogen (secondary N) is 2. The first kappa shape index (κ1) is 30.1. The highest BCUT2D eigenvalue weighted by Crippen LogP contribution is 2.46. The highest BCUT2D eigenvalue weighted by atomic mass is 19.3. The number of imidazole rings is 1. The number of nitrogens with zero attached hydrogens (tertiary/aromatic N) is 5. The molecule has 3 heterocycles. The zero-order valence-electron chi connectivity index (χ0n) is 24.5. The molecule has 11 nitrogen and oxygen atoms in total. The molecule has 0 spiro atoms. The average Bonchev–Trinajstić information content (AvgIpc) is 3.91. The molecule has 0 aromatic carbocycles. The van der Waals surface area contributed by atoms with Crippen molar-refractivity contribution in [1.29, 1.82) is 0 Å². The molecule has 4 saturated carbocycles. The van der Waals surface area contributed by atoms with Crippen LogP contribution in [0, 0.1) is 23.7 Å². The molecule has 1 unspecified atom stereocenters. The third-order valence-corrected chi connectivity index (χ3v) is 9.69. The summed E-state index contributed by atoms with van der Waals surface area (Å²) in [7, 11) is 0. The van der Waals surface area contributed by atoms with Gasteiger partial charge in [-0.15, -0.1) is 0 Å². The van der Waals surface area contributed by atoms with Crippen LogP contribution in [0.4, 0.5) is 17.6 Å². The first-order valence-electron chi connectivity index (χ1n) is 15.7. The van der Waals surface area contributed by atoms with Gasteiger partial charge in [0.15, 0.2) is 11.3 Å². The molecule has 45 heavy (non-hydrogen) atoms. The van der Waals surface area contributed by atoms with Gasteiger partial charge in [0.25, 0.3) is 5.91 Å². The molecule has 0 saturated heterocycles. The summed E-state index contributed by atoms with van der Waals surface area (Å²) < 4.78 is 61.0. The standard InChI is InChI=1S/C30H35F4N7O4/c31-29(32)7-5-17(6-8-29)24(38-28(44)26-25(39-45-40-26)27(43)18-3-4-18)20-14-41-21(36-20)10-19(13-35-41)23(16-1-2-16)37-22(42)9-15-11-30(33,34)12-15/h10,13-18,23-24,27,43H,1-9,11-12H2,(H,37,42)(H,38,44)/t23?,24-,27-/m0/s1. The smallest absolute Gasteiger partial charge is 0.276 e.